The molecule has 4 rings (SSSR count). The third-order valence-electron chi connectivity index (χ3n) is 6.25. The van der Waals surface area contributed by atoms with Crippen molar-refractivity contribution in [3.8, 4) is 11.4 Å². The summed E-state index contributed by atoms with van der Waals surface area (Å²) in [4.78, 5) is 30.5. The minimum atomic E-state index is -4.92. The lowest BCUT2D eigenvalue weighted by Gasteiger charge is -2.34. The Balaban J connectivity index is 1.42. The Bertz CT molecular complexity index is 1380. The molecule has 202 valence electrons. The molecule has 1 aromatic heterocycles. The average molecular weight is 539 g/mol. The smallest absolute Gasteiger partial charge is 0.373 e. The minimum absolute atomic E-state index is 0.0391. The van der Waals surface area contributed by atoms with Gasteiger partial charge in [0.2, 0.25) is 5.91 Å². The van der Waals surface area contributed by atoms with Crippen LogP contribution in [0.3, 0.4) is 0 Å². The van der Waals surface area contributed by atoms with Crippen LogP contribution < -0.4 is 10.9 Å². The number of hydrogen-bond acceptors (Lipinski definition) is 4. The molecule has 0 bridgehead atoms. The maximum Gasteiger partial charge on any atom is 0.417 e. The Labute approximate surface area is 213 Å². The average Bonchev–Trinajstić information content (AvgIpc) is 2.80. The van der Waals surface area contributed by atoms with Crippen LogP contribution in [0.25, 0.3) is 11.4 Å². The summed E-state index contributed by atoms with van der Waals surface area (Å²) in [7, 11) is 0. The van der Waals surface area contributed by atoms with Crippen LogP contribution in [0, 0.1) is 23.4 Å². The SMILES string of the molecule is CCc1cc(=O)[nH]c(-c2c(C(F)(F)F)ccc(CNC(=O)C3CC(OCc4cc(F)cc(F)c4)C3)c2F)n1. The number of hydrogen-bond donors (Lipinski definition) is 2. The Morgan fingerprint density at radius 3 is 2.42 bits per heavy atom. The fourth-order valence-electron chi connectivity index (χ4n) is 4.18. The first-order valence-electron chi connectivity index (χ1n) is 11.8. The topological polar surface area (TPSA) is 84.1 Å². The second kappa shape index (κ2) is 11.0. The Kier molecular flexibility index (Phi) is 7.91. The van der Waals surface area contributed by atoms with Crippen LogP contribution >= 0.6 is 0 Å². The van der Waals surface area contributed by atoms with Gasteiger partial charge >= 0.3 is 6.18 Å². The maximum atomic E-state index is 15.4. The van der Waals surface area contributed by atoms with Crippen LogP contribution in [-0.4, -0.2) is 22.0 Å². The molecule has 2 aromatic carbocycles. The van der Waals surface area contributed by atoms with Gasteiger partial charge in [-0.25, -0.2) is 18.2 Å². The van der Waals surface area contributed by atoms with Crippen LogP contribution in [-0.2, 0) is 35.3 Å². The second-order valence-electron chi connectivity index (χ2n) is 8.99. The van der Waals surface area contributed by atoms with Crippen molar-refractivity contribution < 1.29 is 35.9 Å². The summed E-state index contributed by atoms with van der Waals surface area (Å²) in [6, 6.07) is 5.75. The summed E-state index contributed by atoms with van der Waals surface area (Å²) in [5.74, 6) is -4.18. The van der Waals surface area contributed by atoms with Crippen molar-refractivity contribution in [2.24, 2.45) is 5.92 Å². The van der Waals surface area contributed by atoms with E-state index in [1.54, 1.807) is 6.92 Å². The number of benzene rings is 2. The molecule has 12 heteroatoms. The maximum absolute atomic E-state index is 15.4. The van der Waals surface area contributed by atoms with E-state index in [2.05, 4.69) is 15.3 Å². The van der Waals surface area contributed by atoms with Crippen molar-refractivity contribution in [2.75, 3.05) is 0 Å². The molecule has 0 saturated heterocycles. The van der Waals surface area contributed by atoms with Crippen LogP contribution in [0.2, 0.25) is 0 Å². The lowest BCUT2D eigenvalue weighted by molar-refractivity contribution is -0.137. The lowest BCUT2D eigenvalue weighted by Crippen LogP contribution is -2.42. The van der Waals surface area contributed by atoms with E-state index in [9.17, 15) is 31.5 Å². The van der Waals surface area contributed by atoms with Gasteiger partial charge in [0.25, 0.3) is 5.56 Å². The van der Waals surface area contributed by atoms with Crippen molar-refractivity contribution in [1.82, 2.24) is 15.3 Å². The third kappa shape index (κ3) is 6.24. The predicted octanol–water partition coefficient (Wildman–Crippen LogP) is 5.05. The standard InChI is InChI=1S/C26H23F6N3O3/c1-2-18-10-21(36)35-24(34-18)22-20(26(30,31)32)4-3-14(23(22)29)11-33-25(37)15-7-19(8-15)38-12-13-5-16(27)9-17(28)6-13/h3-6,9-10,15,19H,2,7-8,11-12H2,1H3,(H,33,37)(H,34,35,36). The summed E-state index contributed by atoms with van der Waals surface area (Å²) in [6.45, 7) is 1.22. The zero-order chi connectivity index (χ0) is 27.6. The molecule has 0 atom stereocenters. The highest BCUT2D eigenvalue weighted by atomic mass is 19.4. The van der Waals surface area contributed by atoms with E-state index in [4.69, 9.17) is 4.74 Å². The normalized spacial score (nSPS) is 17.2. The number of aromatic amines is 1. The van der Waals surface area contributed by atoms with Crippen LogP contribution in [0.1, 0.15) is 42.1 Å². The van der Waals surface area contributed by atoms with E-state index in [0.717, 1.165) is 30.3 Å². The monoisotopic (exact) mass is 539 g/mol. The summed E-state index contributed by atoms with van der Waals surface area (Å²) in [5, 5.41) is 2.51. The molecule has 0 aliphatic heterocycles. The predicted molar refractivity (Wildman–Crippen MR) is 124 cm³/mol. The number of aromatic nitrogens is 2. The molecule has 2 N–H and O–H groups in total. The van der Waals surface area contributed by atoms with Gasteiger partial charge in [0.05, 0.1) is 23.8 Å². The fraction of sp³-hybridized carbons (Fsp3) is 0.346. The Hall–Kier alpha value is -3.67. The Morgan fingerprint density at radius 2 is 1.79 bits per heavy atom. The van der Waals surface area contributed by atoms with Crippen molar-refractivity contribution in [2.45, 2.75) is 51.6 Å². The molecule has 1 saturated carbocycles. The molecule has 38 heavy (non-hydrogen) atoms. The zero-order valence-electron chi connectivity index (χ0n) is 20.1. The van der Waals surface area contributed by atoms with Crippen molar-refractivity contribution in [3.05, 3.63) is 86.6 Å². The first-order chi connectivity index (χ1) is 17.9. The van der Waals surface area contributed by atoms with Gasteiger partial charge in [-0.15, -0.1) is 0 Å². The molecule has 1 aliphatic carbocycles. The molecule has 1 amide bonds. The minimum Gasteiger partial charge on any atom is -0.373 e. The molecule has 0 radical (unpaired) electrons. The number of carbonyl (C=O) groups excluding carboxylic acids is 1. The number of rotatable bonds is 8. The second-order valence-corrected chi connectivity index (χ2v) is 8.99. The van der Waals surface area contributed by atoms with E-state index in [0.29, 0.717) is 24.5 Å². The van der Waals surface area contributed by atoms with E-state index in [1.807, 2.05) is 0 Å². The number of alkyl halides is 3. The molecule has 1 heterocycles. The van der Waals surface area contributed by atoms with Gasteiger partial charge in [-0.1, -0.05) is 13.0 Å². The first kappa shape index (κ1) is 27.4. The van der Waals surface area contributed by atoms with E-state index in [-0.39, 0.29) is 30.4 Å². The number of carbonyl (C=O) groups is 1. The van der Waals surface area contributed by atoms with Gasteiger partial charge in [-0.05, 0) is 43.0 Å². The molecule has 0 spiro atoms. The summed E-state index contributed by atoms with van der Waals surface area (Å²) in [5.41, 5.74) is -2.64. The largest absolute Gasteiger partial charge is 0.417 e. The molecule has 6 nitrogen and oxygen atoms in total. The zero-order valence-corrected chi connectivity index (χ0v) is 20.1. The molecular formula is C26H23F6N3O3. The number of nitrogens with zero attached hydrogens (tertiary/aromatic N) is 1. The number of H-pyrrole nitrogens is 1. The molecule has 1 fully saturated rings. The lowest BCUT2D eigenvalue weighted by atomic mass is 9.81. The molecule has 0 unspecified atom stereocenters. The number of amides is 1. The van der Waals surface area contributed by atoms with Crippen molar-refractivity contribution in [1.29, 1.82) is 0 Å². The number of ether oxygens (including phenoxy) is 1. The molecular weight excluding hydrogens is 516 g/mol. The quantitative estimate of drug-likeness (QED) is 0.393. The van der Waals surface area contributed by atoms with Crippen molar-refractivity contribution >= 4 is 5.91 Å². The van der Waals surface area contributed by atoms with Gasteiger partial charge in [0.15, 0.2) is 0 Å². The highest BCUT2D eigenvalue weighted by Gasteiger charge is 2.38. The van der Waals surface area contributed by atoms with E-state index in [1.165, 1.54) is 0 Å². The van der Waals surface area contributed by atoms with Gasteiger partial charge in [-0.3, -0.25) is 9.59 Å². The van der Waals surface area contributed by atoms with Crippen molar-refractivity contribution in [3.63, 3.8) is 0 Å². The third-order valence-corrected chi connectivity index (χ3v) is 6.25. The summed E-state index contributed by atoms with van der Waals surface area (Å²) < 4.78 is 88.4. The summed E-state index contributed by atoms with van der Waals surface area (Å²) in [6.07, 6.45) is -4.35. The fourth-order valence-corrected chi connectivity index (χ4v) is 4.18. The van der Waals surface area contributed by atoms with Crippen LogP contribution in [0.4, 0.5) is 26.3 Å². The first-order valence-corrected chi connectivity index (χ1v) is 11.8. The molecule has 1 aliphatic rings. The molecule has 3 aromatic rings. The Morgan fingerprint density at radius 1 is 1.11 bits per heavy atom. The van der Waals surface area contributed by atoms with Gasteiger partial charge in [0.1, 0.15) is 23.3 Å². The number of aryl methyl sites for hydroxylation is 1. The van der Waals surface area contributed by atoms with Crippen LogP contribution in [0.15, 0.2) is 41.2 Å². The van der Waals surface area contributed by atoms with E-state index < -0.39 is 64.5 Å². The number of nitrogens with one attached hydrogen (secondary N) is 2. The number of halogens is 6. The summed E-state index contributed by atoms with van der Waals surface area (Å²) >= 11 is 0. The van der Waals surface area contributed by atoms with Gasteiger partial charge in [0, 0.05) is 35.9 Å². The van der Waals surface area contributed by atoms with Crippen LogP contribution in [0.5, 0.6) is 0 Å². The highest BCUT2D eigenvalue weighted by Crippen LogP contribution is 2.38. The van der Waals surface area contributed by atoms with Gasteiger partial charge < -0.3 is 15.0 Å². The highest BCUT2D eigenvalue weighted by molar-refractivity contribution is 5.79. The van der Waals surface area contributed by atoms with E-state index >= 15 is 4.39 Å². The van der Waals surface area contributed by atoms with Gasteiger partial charge in [-0.2, -0.15) is 13.2 Å².